The largest absolute Gasteiger partial charge is 0.497 e. The van der Waals surface area contributed by atoms with Crippen LogP contribution in [0.15, 0.2) is 47.3 Å². The van der Waals surface area contributed by atoms with Crippen LogP contribution in [0.1, 0.15) is 36.7 Å². The van der Waals surface area contributed by atoms with Crippen LogP contribution in [-0.4, -0.2) is 28.7 Å². The number of nitrogens with zero attached hydrogens (tertiary/aromatic N) is 2. The lowest BCUT2D eigenvalue weighted by Gasteiger charge is -2.24. The van der Waals surface area contributed by atoms with E-state index in [0.717, 1.165) is 11.1 Å². The number of anilines is 1. The molecule has 4 rings (SSSR count). The number of hydrogen-bond donors (Lipinski definition) is 1. The Morgan fingerprint density at radius 1 is 1.27 bits per heavy atom. The highest BCUT2D eigenvalue weighted by molar-refractivity contribution is 6.33. The highest BCUT2D eigenvalue weighted by Crippen LogP contribution is 2.36. The van der Waals surface area contributed by atoms with Crippen LogP contribution in [0.5, 0.6) is 5.75 Å². The maximum Gasteiger partial charge on any atom is 0.302 e. The molecule has 3 aromatic rings. The third-order valence-corrected chi connectivity index (χ3v) is 6.20. The fraction of sp³-hybridized carbons (Fsp3) is 0.320. The fourth-order valence-corrected chi connectivity index (χ4v) is 4.59. The zero-order chi connectivity index (χ0) is 23.7. The third-order valence-electron chi connectivity index (χ3n) is 5.88. The van der Waals surface area contributed by atoms with E-state index in [2.05, 4.69) is 5.32 Å². The van der Waals surface area contributed by atoms with Gasteiger partial charge in [0.2, 0.25) is 0 Å². The highest BCUT2D eigenvalue weighted by atomic mass is 35.5. The first kappa shape index (κ1) is 22.9. The van der Waals surface area contributed by atoms with Crippen LogP contribution in [0.25, 0.3) is 11.4 Å². The number of aryl methyl sites for hydroxylation is 1. The first-order chi connectivity index (χ1) is 15.8. The van der Waals surface area contributed by atoms with Gasteiger partial charge < -0.3 is 14.8 Å². The minimum absolute atomic E-state index is 0.210. The summed E-state index contributed by atoms with van der Waals surface area (Å²) >= 11 is 6.48. The molecule has 1 aliphatic rings. The molecule has 0 amide bonds. The number of carbonyl (C=O) groups excluding carboxylic acids is 1. The number of halogens is 1. The number of methoxy groups -OCH3 is 1. The molecule has 0 aliphatic heterocycles. The average molecular weight is 468 g/mol. The Bertz CT molecular complexity index is 1270. The Labute approximate surface area is 197 Å². The normalized spacial score (nSPS) is 16.9. The van der Waals surface area contributed by atoms with Gasteiger partial charge in [0.15, 0.2) is 0 Å². The maximum absolute atomic E-state index is 13.6. The number of fused-ring (bicyclic) bond motifs is 1. The third kappa shape index (κ3) is 4.33. The highest BCUT2D eigenvalue weighted by Gasteiger charge is 2.35. The van der Waals surface area contributed by atoms with Gasteiger partial charge in [-0.3, -0.25) is 14.2 Å². The van der Waals surface area contributed by atoms with Crippen molar-refractivity contribution >= 4 is 23.3 Å². The van der Waals surface area contributed by atoms with Gasteiger partial charge in [-0.2, -0.15) is 0 Å². The molecule has 0 radical (unpaired) electrons. The van der Waals surface area contributed by atoms with Gasteiger partial charge in [0.05, 0.1) is 23.9 Å². The van der Waals surface area contributed by atoms with Crippen LogP contribution in [-0.2, 0) is 22.5 Å². The van der Waals surface area contributed by atoms with Crippen molar-refractivity contribution in [1.29, 1.82) is 0 Å². The molecule has 7 nitrogen and oxygen atoms in total. The van der Waals surface area contributed by atoms with Gasteiger partial charge in [-0.05, 0) is 43.2 Å². The predicted molar refractivity (Wildman–Crippen MR) is 128 cm³/mol. The summed E-state index contributed by atoms with van der Waals surface area (Å²) in [6.45, 7) is 5.47. The summed E-state index contributed by atoms with van der Waals surface area (Å²) in [5.74, 6) is 0.757. The van der Waals surface area contributed by atoms with Crippen LogP contribution < -0.4 is 15.6 Å². The summed E-state index contributed by atoms with van der Waals surface area (Å²) in [4.78, 5) is 30.0. The van der Waals surface area contributed by atoms with E-state index in [4.69, 9.17) is 26.1 Å². The van der Waals surface area contributed by atoms with E-state index in [1.54, 1.807) is 36.8 Å². The molecule has 2 unspecified atom stereocenters. The van der Waals surface area contributed by atoms with E-state index >= 15 is 0 Å². The van der Waals surface area contributed by atoms with Crippen LogP contribution in [0.4, 0.5) is 5.69 Å². The van der Waals surface area contributed by atoms with Crippen molar-refractivity contribution in [3.63, 3.8) is 0 Å². The van der Waals surface area contributed by atoms with Crippen molar-refractivity contribution in [3.8, 4) is 17.1 Å². The Morgan fingerprint density at radius 2 is 2.03 bits per heavy atom. The van der Waals surface area contributed by atoms with E-state index in [1.165, 1.54) is 6.92 Å². The molecule has 0 spiro atoms. The molecule has 0 saturated heterocycles. The summed E-state index contributed by atoms with van der Waals surface area (Å²) in [6, 6.07) is 12.8. The molecule has 8 heteroatoms. The molecule has 1 aromatic heterocycles. The number of ether oxygens (including phenoxy) is 2. The van der Waals surface area contributed by atoms with E-state index in [-0.39, 0.29) is 17.6 Å². The van der Waals surface area contributed by atoms with Crippen LogP contribution in [0.3, 0.4) is 0 Å². The number of nitrogens with one attached hydrogen (secondary N) is 1. The molecule has 0 fully saturated rings. The molecule has 0 saturated carbocycles. The van der Waals surface area contributed by atoms with Gasteiger partial charge in [0.1, 0.15) is 23.4 Å². The van der Waals surface area contributed by atoms with Crippen LogP contribution >= 0.6 is 11.6 Å². The first-order valence-corrected chi connectivity index (χ1v) is 11.2. The van der Waals surface area contributed by atoms with Gasteiger partial charge in [0.25, 0.3) is 5.56 Å². The first-order valence-electron chi connectivity index (χ1n) is 10.8. The standard InChI is InChI=1S/C25H26ClN3O4/c1-5-29-24(19-11-10-17(32-4)13-20(19)26)27-14(2)22(25(29)31)28-23-18-9-7-6-8-16(18)12-21(23)33-15(3)30/h6-11,13,21,23,28H,5,12H2,1-4H3. The zero-order valence-corrected chi connectivity index (χ0v) is 19.8. The van der Waals surface area contributed by atoms with Crippen LogP contribution in [0.2, 0.25) is 5.02 Å². The topological polar surface area (TPSA) is 82.4 Å². The number of rotatable bonds is 6. The lowest BCUT2D eigenvalue weighted by Crippen LogP contribution is -2.32. The molecule has 172 valence electrons. The molecule has 2 aromatic carbocycles. The van der Waals surface area contributed by atoms with Crippen molar-refractivity contribution < 1.29 is 14.3 Å². The second-order valence-corrected chi connectivity index (χ2v) is 8.37. The number of benzene rings is 2. The Balaban J connectivity index is 1.78. The summed E-state index contributed by atoms with van der Waals surface area (Å²) in [5, 5.41) is 3.80. The minimum atomic E-state index is -0.413. The number of aromatic nitrogens is 2. The van der Waals surface area contributed by atoms with Gasteiger partial charge >= 0.3 is 5.97 Å². The Morgan fingerprint density at radius 3 is 2.70 bits per heavy atom. The van der Waals surface area contributed by atoms with Crippen molar-refractivity contribution in [2.75, 3.05) is 12.4 Å². The lowest BCUT2D eigenvalue weighted by atomic mass is 10.1. The smallest absolute Gasteiger partial charge is 0.302 e. The second-order valence-electron chi connectivity index (χ2n) is 7.96. The monoisotopic (exact) mass is 467 g/mol. The molecule has 1 heterocycles. The summed E-state index contributed by atoms with van der Waals surface area (Å²) in [6.07, 6.45) is 0.172. The summed E-state index contributed by atoms with van der Waals surface area (Å²) in [5.41, 5.74) is 3.45. The van der Waals surface area contributed by atoms with Gasteiger partial charge in [-0.1, -0.05) is 35.9 Å². The van der Waals surface area contributed by atoms with Crippen molar-refractivity contribution in [3.05, 3.63) is 74.7 Å². The number of esters is 1. The average Bonchev–Trinajstić information content (AvgIpc) is 3.12. The zero-order valence-electron chi connectivity index (χ0n) is 19.0. The van der Waals surface area contributed by atoms with Gasteiger partial charge in [-0.15, -0.1) is 0 Å². The fourth-order valence-electron chi connectivity index (χ4n) is 4.34. The van der Waals surface area contributed by atoms with E-state index < -0.39 is 6.10 Å². The van der Waals surface area contributed by atoms with E-state index in [0.29, 0.717) is 46.5 Å². The van der Waals surface area contributed by atoms with Crippen molar-refractivity contribution in [2.24, 2.45) is 0 Å². The van der Waals surface area contributed by atoms with Crippen molar-refractivity contribution in [2.45, 2.75) is 45.9 Å². The van der Waals surface area contributed by atoms with Gasteiger partial charge in [-0.25, -0.2) is 4.98 Å². The molecular formula is C25H26ClN3O4. The second kappa shape index (κ2) is 9.27. The molecule has 1 N–H and O–H groups in total. The minimum Gasteiger partial charge on any atom is -0.497 e. The Kier molecular flexibility index (Phi) is 6.42. The molecule has 0 bridgehead atoms. The molecular weight excluding hydrogens is 442 g/mol. The van der Waals surface area contributed by atoms with E-state index in [1.807, 2.05) is 31.2 Å². The van der Waals surface area contributed by atoms with E-state index in [9.17, 15) is 9.59 Å². The van der Waals surface area contributed by atoms with Crippen LogP contribution in [0, 0.1) is 6.92 Å². The quantitative estimate of drug-likeness (QED) is 0.536. The number of carbonyl (C=O) groups is 1. The number of hydrogen-bond acceptors (Lipinski definition) is 6. The molecule has 33 heavy (non-hydrogen) atoms. The predicted octanol–water partition coefficient (Wildman–Crippen LogP) is 4.54. The lowest BCUT2D eigenvalue weighted by molar-refractivity contribution is -0.146. The maximum atomic E-state index is 13.6. The summed E-state index contributed by atoms with van der Waals surface area (Å²) in [7, 11) is 1.57. The summed E-state index contributed by atoms with van der Waals surface area (Å²) < 4.78 is 12.4. The van der Waals surface area contributed by atoms with Gasteiger partial charge in [0, 0.05) is 25.5 Å². The van der Waals surface area contributed by atoms with Crippen molar-refractivity contribution in [1.82, 2.24) is 9.55 Å². The Hall–Kier alpha value is -3.32. The molecule has 1 aliphatic carbocycles. The molecule has 2 atom stereocenters. The SMILES string of the molecule is CCn1c(-c2ccc(OC)cc2Cl)nc(C)c(NC2c3ccccc3CC2OC(C)=O)c1=O.